The van der Waals surface area contributed by atoms with Crippen LogP contribution in [-0.2, 0) is 20.1 Å². The van der Waals surface area contributed by atoms with Gasteiger partial charge in [-0.15, -0.1) is 0 Å². The van der Waals surface area contributed by atoms with E-state index in [1.807, 2.05) is 28.7 Å². The summed E-state index contributed by atoms with van der Waals surface area (Å²) in [5.41, 5.74) is 3.41. The Hall–Kier alpha value is -2.14. The predicted octanol–water partition coefficient (Wildman–Crippen LogP) is 2.32. The van der Waals surface area contributed by atoms with Crippen molar-refractivity contribution in [1.29, 1.82) is 0 Å². The lowest BCUT2D eigenvalue weighted by Gasteiger charge is -2.05. The molecule has 0 unspecified atom stereocenters. The van der Waals surface area contributed by atoms with Gasteiger partial charge in [0.1, 0.15) is 0 Å². The molecule has 110 valence electrons. The van der Waals surface area contributed by atoms with Crippen LogP contribution in [0.2, 0.25) is 0 Å². The molecule has 0 bridgehead atoms. The zero-order chi connectivity index (χ0) is 14.8. The smallest absolute Gasteiger partial charge is 0.0918 e. The molecule has 0 saturated heterocycles. The van der Waals surface area contributed by atoms with E-state index in [2.05, 4.69) is 53.8 Å². The third-order valence-electron chi connectivity index (χ3n) is 3.55. The number of hydrogen-bond acceptors (Lipinski definition) is 3. The zero-order valence-electron chi connectivity index (χ0n) is 12.7. The maximum Gasteiger partial charge on any atom is 0.0918 e. The van der Waals surface area contributed by atoms with E-state index in [0.717, 1.165) is 17.8 Å². The van der Waals surface area contributed by atoms with Gasteiger partial charge in [0.05, 0.1) is 24.0 Å². The van der Waals surface area contributed by atoms with Crippen LogP contribution in [-0.4, -0.2) is 25.6 Å². The van der Waals surface area contributed by atoms with Crippen molar-refractivity contribution in [3.63, 3.8) is 0 Å². The van der Waals surface area contributed by atoms with E-state index in [9.17, 15) is 0 Å². The van der Waals surface area contributed by atoms with E-state index in [4.69, 9.17) is 0 Å². The summed E-state index contributed by atoms with van der Waals surface area (Å²) >= 11 is 0. The Morgan fingerprint density at radius 1 is 1.24 bits per heavy atom. The van der Waals surface area contributed by atoms with Crippen molar-refractivity contribution in [2.24, 2.45) is 7.05 Å². The summed E-state index contributed by atoms with van der Waals surface area (Å²) < 4.78 is 3.88. The van der Waals surface area contributed by atoms with Crippen LogP contribution in [0.25, 0.3) is 10.9 Å². The molecule has 21 heavy (non-hydrogen) atoms. The monoisotopic (exact) mass is 283 g/mol. The SMILES string of the molecule is CC(C)NCc1cnn(Cc2nn(C)c3ccccc23)c1. The molecule has 0 aliphatic carbocycles. The highest BCUT2D eigenvalue weighted by molar-refractivity contribution is 5.81. The molecule has 3 rings (SSSR count). The number of fused-ring (bicyclic) bond motifs is 1. The molecule has 0 aliphatic rings. The molecule has 1 aromatic carbocycles. The van der Waals surface area contributed by atoms with Crippen molar-refractivity contribution in [1.82, 2.24) is 24.9 Å². The Kier molecular flexibility index (Phi) is 3.75. The highest BCUT2D eigenvalue weighted by atomic mass is 15.3. The quantitative estimate of drug-likeness (QED) is 0.781. The summed E-state index contributed by atoms with van der Waals surface area (Å²) in [5, 5.41) is 13.6. The summed E-state index contributed by atoms with van der Waals surface area (Å²) in [6, 6.07) is 8.77. The molecule has 3 aromatic rings. The van der Waals surface area contributed by atoms with Gasteiger partial charge in [0.2, 0.25) is 0 Å². The molecular formula is C16H21N5. The summed E-state index contributed by atoms with van der Waals surface area (Å²) in [4.78, 5) is 0. The summed E-state index contributed by atoms with van der Waals surface area (Å²) in [5.74, 6) is 0. The largest absolute Gasteiger partial charge is 0.310 e. The van der Waals surface area contributed by atoms with Crippen molar-refractivity contribution in [2.75, 3.05) is 0 Å². The molecular weight excluding hydrogens is 262 g/mol. The maximum absolute atomic E-state index is 4.61. The third-order valence-corrected chi connectivity index (χ3v) is 3.55. The normalized spacial score (nSPS) is 11.6. The Labute approximate surface area is 124 Å². The fourth-order valence-corrected chi connectivity index (χ4v) is 2.47. The molecule has 0 spiro atoms. The van der Waals surface area contributed by atoms with Crippen LogP contribution in [0.4, 0.5) is 0 Å². The van der Waals surface area contributed by atoms with E-state index in [0.29, 0.717) is 12.6 Å². The van der Waals surface area contributed by atoms with Gasteiger partial charge in [-0.25, -0.2) is 0 Å². The number of hydrogen-bond donors (Lipinski definition) is 1. The summed E-state index contributed by atoms with van der Waals surface area (Å²) in [6.07, 6.45) is 4.00. The van der Waals surface area contributed by atoms with Crippen LogP contribution >= 0.6 is 0 Å². The first-order valence-electron chi connectivity index (χ1n) is 7.29. The van der Waals surface area contributed by atoms with Gasteiger partial charge in [-0.3, -0.25) is 9.36 Å². The molecule has 2 aromatic heterocycles. The number of nitrogens with one attached hydrogen (secondary N) is 1. The molecule has 0 atom stereocenters. The fourth-order valence-electron chi connectivity index (χ4n) is 2.47. The Morgan fingerprint density at radius 2 is 2.05 bits per heavy atom. The van der Waals surface area contributed by atoms with Gasteiger partial charge in [0.15, 0.2) is 0 Å². The van der Waals surface area contributed by atoms with Gasteiger partial charge in [0, 0.05) is 36.8 Å². The van der Waals surface area contributed by atoms with Crippen LogP contribution in [0.1, 0.15) is 25.1 Å². The highest BCUT2D eigenvalue weighted by Gasteiger charge is 2.09. The highest BCUT2D eigenvalue weighted by Crippen LogP contribution is 2.18. The average molecular weight is 283 g/mol. The minimum absolute atomic E-state index is 0.480. The lowest BCUT2D eigenvalue weighted by molar-refractivity contribution is 0.588. The van der Waals surface area contributed by atoms with Crippen molar-refractivity contribution in [3.8, 4) is 0 Å². The number of para-hydroxylation sites is 1. The first kappa shape index (κ1) is 13.8. The molecule has 0 fully saturated rings. The second-order valence-electron chi connectivity index (χ2n) is 5.67. The lowest BCUT2D eigenvalue weighted by Crippen LogP contribution is -2.21. The van der Waals surface area contributed by atoms with Crippen LogP contribution in [0.5, 0.6) is 0 Å². The lowest BCUT2D eigenvalue weighted by atomic mass is 10.2. The standard InChI is InChI=1S/C16H21N5/c1-12(2)17-8-13-9-18-21(10-13)11-15-14-6-4-5-7-16(14)20(3)19-15/h4-7,9-10,12,17H,8,11H2,1-3H3. The van der Waals surface area contributed by atoms with Gasteiger partial charge in [-0.1, -0.05) is 32.0 Å². The molecule has 0 radical (unpaired) electrons. The van der Waals surface area contributed by atoms with Crippen LogP contribution in [0, 0.1) is 0 Å². The van der Waals surface area contributed by atoms with Gasteiger partial charge in [-0.05, 0) is 6.07 Å². The van der Waals surface area contributed by atoms with Gasteiger partial charge in [0.25, 0.3) is 0 Å². The van der Waals surface area contributed by atoms with E-state index >= 15 is 0 Å². The predicted molar refractivity (Wildman–Crippen MR) is 84.0 cm³/mol. The van der Waals surface area contributed by atoms with Gasteiger partial charge < -0.3 is 5.32 Å². The number of nitrogens with zero attached hydrogens (tertiary/aromatic N) is 4. The molecule has 5 nitrogen and oxygen atoms in total. The number of rotatable bonds is 5. The molecule has 5 heteroatoms. The van der Waals surface area contributed by atoms with Crippen LogP contribution < -0.4 is 5.32 Å². The van der Waals surface area contributed by atoms with Crippen molar-refractivity contribution < 1.29 is 0 Å². The first-order chi connectivity index (χ1) is 10.1. The van der Waals surface area contributed by atoms with E-state index < -0.39 is 0 Å². The molecule has 1 N–H and O–H groups in total. The Morgan fingerprint density at radius 3 is 2.86 bits per heavy atom. The van der Waals surface area contributed by atoms with Crippen molar-refractivity contribution in [3.05, 3.63) is 47.9 Å². The number of benzene rings is 1. The first-order valence-corrected chi connectivity index (χ1v) is 7.29. The molecule has 0 saturated carbocycles. The number of aromatic nitrogens is 4. The van der Waals surface area contributed by atoms with Gasteiger partial charge in [-0.2, -0.15) is 10.2 Å². The van der Waals surface area contributed by atoms with Crippen LogP contribution in [0.15, 0.2) is 36.7 Å². The minimum Gasteiger partial charge on any atom is -0.310 e. The topological polar surface area (TPSA) is 47.7 Å². The van der Waals surface area contributed by atoms with Crippen molar-refractivity contribution in [2.45, 2.75) is 33.0 Å². The van der Waals surface area contributed by atoms with E-state index in [1.165, 1.54) is 10.9 Å². The number of aryl methyl sites for hydroxylation is 1. The second kappa shape index (κ2) is 5.69. The molecule has 0 aliphatic heterocycles. The third kappa shape index (κ3) is 2.97. The van der Waals surface area contributed by atoms with E-state index in [1.54, 1.807) is 0 Å². The zero-order valence-corrected chi connectivity index (χ0v) is 12.7. The average Bonchev–Trinajstić information content (AvgIpc) is 3.03. The minimum atomic E-state index is 0.480. The molecule has 0 amide bonds. The van der Waals surface area contributed by atoms with Gasteiger partial charge >= 0.3 is 0 Å². The summed E-state index contributed by atoms with van der Waals surface area (Å²) in [7, 11) is 1.98. The second-order valence-corrected chi connectivity index (χ2v) is 5.67. The molecule has 2 heterocycles. The Bertz CT molecular complexity index is 738. The van der Waals surface area contributed by atoms with E-state index in [-0.39, 0.29) is 0 Å². The van der Waals surface area contributed by atoms with Crippen LogP contribution in [0.3, 0.4) is 0 Å². The van der Waals surface area contributed by atoms with Crippen molar-refractivity contribution >= 4 is 10.9 Å². The fraction of sp³-hybridized carbons (Fsp3) is 0.375. The maximum atomic E-state index is 4.61. The summed E-state index contributed by atoms with van der Waals surface area (Å²) in [6.45, 7) is 5.83. The Balaban J connectivity index is 1.79.